The minimum atomic E-state index is -3.29. The Morgan fingerprint density at radius 2 is 1.67 bits per heavy atom. The van der Waals surface area contributed by atoms with E-state index in [0.29, 0.717) is 23.2 Å². The molecule has 36 heavy (non-hydrogen) atoms. The van der Waals surface area contributed by atoms with Crippen molar-refractivity contribution in [2.45, 2.75) is 11.7 Å². The number of hydrogen-bond acceptors (Lipinski definition) is 5. The first-order valence-corrected chi connectivity index (χ1v) is 13.6. The van der Waals surface area contributed by atoms with Gasteiger partial charge in [-0.3, -0.25) is 9.20 Å². The van der Waals surface area contributed by atoms with Crippen LogP contribution in [-0.4, -0.2) is 68.6 Å². The number of thioether (sulfide) groups is 1. The van der Waals surface area contributed by atoms with Crippen LogP contribution in [0.4, 0.5) is 0 Å². The zero-order valence-electron chi connectivity index (χ0n) is 19.7. The van der Waals surface area contributed by atoms with Crippen LogP contribution in [0.15, 0.2) is 89.1 Å². The van der Waals surface area contributed by atoms with Gasteiger partial charge in [-0.15, -0.1) is 10.2 Å². The summed E-state index contributed by atoms with van der Waals surface area (Å²) in [5, 5.41) is 9.37. The maximum absolute atomic E-state index is 12.6. The van der Waals surface area contributed by atoms with E-state index in [0.717, 1.165) is 16.6 Å². The molecule has 1 aliphatic carbocycles. The number of carbonyl (C=O) groups excluding carboxylic acids is 1. The van der Waals surface area contributed by atoms with Gasteiger partial charge in [0.15, 0.2) is 15.1 Å². The Balaban J connectivity index is 1.37. The highest BCUT2D eigenvalue weighted by molar-refractivity contribution is 7.99. The second-order valence-corrected chi connectivity index (χ2v) is 11.4. The van der Waals surface area contributed by atoms with Gasteiger partial charge in [0.25, 0.3) is 5.91 Å². The number of nitrogens with zero attached hydrogens (tertiary/aromatic N) is 6. The minimum absolute atomic E-state index is 0.0785. The summed E-state index contributed by atoms with van der Waals surface area (Å²) >= 11 is 1.27. The van der Waals surface area contributed by atoms with Crippen molar-refractivity contribution in [3.8, 4) is 0 Å². The Morgan fingerprint density at radius 3 is 2.36 bits per heavy atom. The van der Waals surface area contributed by atoms with Gasteiger partial charge in [0.1, 0.15) is 0 Å². The molecule has 1 atom stereocenters. The average Bonchev–Trinajstić information content (AvgIpc) is 3.43. The fourth-order valence-electron chi connectivity index (χ4n) is 3.86. The normalized spacial score (nSPS) is 15.2. The molecule has 11 heteroatoms. The zero-order chi connectivity index (χ0) is 25.3. The number of amides is 1. The maximum atomic E-state index is 12.6. The van der Waals surface area contributed by atoms with Gasteiger partial charge in [-0.05, 0) is 42.0 Å². The van der Waals surface area contributed by atoms with Gasteiger partial charge in [-0.2, -0.15) is 0 Å². The molecule has 184 valence electrons. The number of allylic oxidation sites excluding steroid dienone is 4. The molecule has 5 rings (SSSR count). The molecule has 2 aromatic carbocycles. The van der Waals surface area contributed by atoms with E-state index in [1.54, 1.807) is 12.2 Å². The zero-order valence-corrected chi connectivity index (χ0v) is 21.3. The highest BCUT2D eigenvalue weighted by atomic mass is 32.2. The van der Waals surface area contributed by atoms with E-state index >= 15 is 0 Å². The third-order valence-electron chi connectivity index (χ3n) is 5.67. The van der Waals surface area contributed by atoms with E-state index in [4.69, 9.17) is 0 Å². The smallest absolute Gasteiger partial charge is 0.256 e. The van der Waals surface area contributed by atoms with Crippen LogP contribution >= 0.6 is 11.8 Å². The van der Waals surface area contributed by atoms with Crippen LogP contribution in [0.25, 0.3) is 16.8 Å². The molecule has 0 saturated carbocycles. The van der Waals surface area contributed by atoms with Crippen LogP contribution in [0.5, 0.6) is 0 Å². The molecule has 0 bridgehead atoms. The van der Waals surface area contributed by atoms with Gasteiger partial charge in [0.05, 0.1) is 33.9 Å². The number of para-hydroxylation sites is 2. The summed E-state index contributed by atoms with van der Waals surface area (Å²) < 4.78 is 27.8. The molecule has 0 fully saturated rings. The Kier molecular flexibility index (Phi) is 6.63. The summed E-state index contributed by atoms with van der Waals surface area (Å²) in [6.07, 6.45) is 6.13. The highest BCUT2D eigenvalue weighted by Crippen LogP contribution is 2.26. The lowest BCUT2D eigenvalue weighted by Gasteiger charge is -2.15. The molecule has 0 spiro atoms. The highest BCUT2D eigenvalue weighted by Gasteiger charge is 2.18. The first kappa shape index (κ1) is 24.2. The number of rotatable bonds is 6. The van der Waals surface area contributed by atoms with Crippen LogP contribution in [0, 0.1) is 0 Å². The van der Waals surface area contributed by atoms with Gasteiger partial charge >= 0.3 is 0 Å². The van der Waals surface area contributed by atoms with Gasteiger partial charge in [-0.25, -0.2) is 13.5 Å². The first-order chi connectivity index (χ1) is 17.3. The molecule has 0 saturated heterocycles. The molecule has 1 aliphatic rings. The van der Waals surface area contributed by atoms with Crippen molar-refractivity contribution in [2.75, 3.05) is 19.8 Å². The number of fused-ring (bicyclic) bond motifs is 3. The van der Waals surface area contributed by atoms with Crippen molar-refractivity contribution in [1.82, 2.24) is 23.5 Å². The summed E-state index contributed by atoms with van der Waals surface area (Å²) in [5.74, 6) is 0.445. The van der Waals surface area contributed by atoms with Crippen molar-refractivity contribution < 1.29 is 13.6 Å². The van der Waals surface area contributed by atoms with Gasteiger partial charge in [0.2, 0.25) is 5.78 Å². The number of carbonyl (C=O) groups is 1. The summed E-state index contributed by atoms with van der Waals surface area (Å²) in [6.45, 7) is 0.652. The predicted molar refractivity (Wildman–Crippen MR) is 145 cm³/mol. The molecule has 2 heterocycles. The molecule has 0 radical (unpaired) electrons. The van der Waals surface area contributed by atoms with Crippen molar-refractivity contribution >= 4 is 55.0 Å². The monoisotopic (exact) mass is 520 g/mol. The lowest BCUT2D eigenvalue weighted by molar-refractivity contribution is -0.115. The summed E-state index contributed by atoms with van der Waals surface area (Å²) in [6, 6.07) is 18.2. The second kappa shape index (κ2) is 9.86. The molecule has 1 unspecified atom stereocenters. The Hall–Kier alpha value is -3.51. The van der Waals surface area contributed by atoms with E-state index in [1.807, 2.05) is 46.9 Å². The van der Waals surface area contributed by atoms with Crippen molar-refractivity contribution in [2.24, 2.45) is 4.99 Å². The largest absolute Gasteiger partial charge is 0.304 e. The quantitative estimate of drug-likeness (QED) is 0.309. The van der Waals surface area contributed by atoms with E-state index in [2.05, 4.69) is 31.9 Å². The molecule has 2 aromatic heterocycles. The molecule has 0 aliphatic heterocycles. The van der Waals surface area contributed by atoms with Crippen LogP contribution < -0.4 is 0 Å². The number of aromatic nitrogens is 4. The maximum Gasteiger partial charge on any atom is 0.256 e. The lowest BCUT2D eigenvalue weighted by Crippen LogP contribution is -2.27. The van der Waals surface area contributed by atoms with Gasteiger partial charge < -0.3 is 9.12 Å². The fourth-order valence-corrected chi connectivity index (χ4v) is 5.50. The predicted octanol–water partition coefficient (Wildman–Crippen LogP) is 3.32. The summed E-state index contributed by atoms with van der Waals surface area (Å²) in [5.41, 5.74) is 3.57. The van der Waals surface area contributed by atoms with E-state index in [1.165, 1.54) is 42.3 Å². The molecule has 4 aromatic rings. The molecule has 1 N–H and O–H groups in total. The lowest BCUT2D eigenvalue weighted by atomic mass is 10.2. The number of hydrogen-bond donors (Lipinski definition) is 1. The van der Waals surface area contributed by atoms with Crippen LogP contribution in [0.1, 0.15) is 5.56 Å². The Morgan fingerprint density at radius 1 is 1.00 bits per heavy atom. The number of imidazole rings is 1. The standard InChI is InChI=1S/C25H24N6O3S2/c1-29(2)36(33,34)20-14-12-19(13-15-20)26-23(32)17-35-25-28-27-24-30(16-18-8-4-3-5-9-18)21-10-6-7-11-22(21)31(24)25/h3-15H,16-17H2,1-2H3,(H,33,34). The minimum Gasteiger partial charge on any atom is -0.304 e. The summed E-state index contributed by atoms with van der Waals surface area (Å²) in [4.78, 5) is 17.0. The molecule has 1 amide bonds. The molecule has 9 nitrogen and oxygen atoms in total. The Labute approximate surface area is 212 Å². The van der Waals surface area contributed by atoms with Gasteiger partial charge in [0, 0.05) is 14.1 Å². The van der Waals surface area contributed by atoms with E-state index in [9.17, 15) is 13.6 Å². The van der Waals surface area contributed by atoms with Gasteiger partial charge in [-0.1, -0.05) is 54.2 Å². The second-order valence-electron chi connectivity index (χ2n) is 8.28. The third kappa shape index (κ3) is 4.65. The molecular formula is C25H24N6O3S2. The van der Waals surface area contributed by atoms with Crippen LogP contribution in [-0.2, 0) is 21.3 Å². The average molecular weight is 521 g/mol. The third-order valence-corrected chi connectivity index (χ3v) is 8.46. The molecular weight excluding hydrogens is 496 g/mol. The van der Waals surface area contributed by atoms with E-state index in [-0.39, 0.29) is 16.5 Å². The van der Waals surface area contributed by atoms with E-state index < -0.39 is 9.99 Å². The number of aliphatic imine (C=N–C) groups is 1. The number of benzene rings is 2. The summed E-state index contributed by atoms with van der Waals surface area (Å²) in [7, 11) is -0.227. The first-order valence-electron chi connectivity index (χ1n) is 11.1. The van der Waals surface area contributed by atoms with Crippen LogP contribution in [0.3, 0.4) is 0 Å². The SMILES string of the molecule is CN(C)S(=O)(O)=C1C=CC(=NC(=O)CSc2nnc3n(Cc4ccccc4)c4ccccc4n23)C=C1. The Bertz CT molecular complexity index is 1650. The topological polar surface area (TPSA) is 105 Å². The fraction of sp³-hybridized carbons (Fsp3) is 0.160. The van der Waals surface area contributed by atoms with Crippen LogP contribution in [0.2, 0.25) is 0 Å². The van der Waals surface area contributed by atoms with Crippen molar-refractivity contribution in [3.63, 3.8) is 0 Å². The van der Waals surface area contributed by atoms with Crippen molar-refractivity contribution in [3.05, 3.63) is 84.5 Å². The van der Waals surface area contributed by atoms with Crippen molar-refractivity contribution in [1.29, 1.82) is 0 Å².